The number of hydrogen-bond acceptors (Lipinski definition) is 3. The average Bonchev–Trinajstić information content (AvgIpc) is 2.33. The third-order valence-corrected chi connectivity index (χ3v) is 2.59. The van der Waals surface area contributed by atoms with E-state index in [9.17, 15) is 4.79 Å². The van der Waals surface area contributed by atoms with E-state index in [4.69, 9.17) is 22.1 Å². The molecule has 0 aromatic heterocycles. The standard InChI is InChI=1S/C13H19ClN2O2/c1-2-7-18-8-3-6-16-13(17)11-5-4-10(14)9-12(11)15/h4-5,9H,2-3,6-8,15H2,1H3,(H,16,17). The third-order valence-electron chi connectivity index (χ3n) is 2.36. The van der Waals surface area contributed by atoms with Gasteiger partial charge in [-0.15, -0.1) is 0 Å². The lowest BCUT2D eigenvalue weighted by Crippen LogP contribution is -2.26. The first-order valence-corrected chi connectivity index (χ1v) is 6.44. The van der Waals surface area contributed by atoms with Gasteiger partial charge < -0.3 is 15.8 Å². The molecular formula is C13H19ClN2O2. The summed E-state index contributed by atoms with van der Waals surface area (Å²) in [7, 11) is 0. The van der Waals surface area contributed by atoms with Crippen molar-refractivity contribution in [2.45, 2.75) is 19.8 Å². The topological polar surface area (TPSA) is 64.3 Å². The number of amides is 1. The Hall–Kier alpha value is -1.26. The molecule has 0 saturated heterocycles. The highest BCUT2D eigenvalue weighted by atomic mass is 35.5. The van der Waals surface area contributed by atoms with Crippen LogP contribution in [-0.2, 0) is 4.74 Å². The van der Waals surface area contributed by atoms with Gasteiger partial charge in [0.25, 0.3) is 5.91 Å². The van der Waals surface area contributed by atoms with Crippen molar-refractivity contribution in [3.8, 4) is 0 Å². The molecule has 100 valence electrons. The lowest BCUT2D eigenvalue weighted by Gasteiger charge is -2.08. The van der Waals surface area contributed by atoms with Crippen LogP contribution in [0.4, 0.5) is 5.69 Å². The lowest BCUT2D eigenvalue weighted by molar-refractivity contribution is 0.0942. The fourth-order valence-corrected chi connectivity index (χ4v) is 1.64. The number of benzene rings is 1. The molecule has 1 aromatic rings. The van der Waals surface area contributed by atoms with Gasteiger partial charge in [-0.2, -0.15) is 0 Å². The molecule has 4 nitrogen and oxygen atoms in total. The first-order valence-electron chi connectivity index (χ1n) is 6.06. The fourth-order valence-electron chi connectivity index (χ4n) is 1.46. The number of hydrogen-bond donors (Lipinski definition) is 2. The number of carbonyl (C=O) groups is 1. The van der Waals surface area contributed by atoms with Crippen molar-refractivity contribution in [2.24, 2.45) is 0 Å². The Balaban J connectivity index is 2.32. The smallest absolute Gasteiger partial charge is 0.253 e. The molecule has 0 fully saturated rings. The molecule has 0 aliphatic rings. The second-order valence-corrected chi connectivity index (χ2v) is 4.39. The van der Waals surface area contributed by atoms with Gasteiger partial charge in [-0.3, -0.25) is 4.79 Å². The van der Waals surface area contributed by atoms with Crippen molar-refractivity contribution in [1.29, 1.82) is 0 Å². The van der Waals surface area contributed by atoms with E-state index in [2.05, 4.69) is 12.2 Å². The molecule has 0 spiro atoms. The van der Waals surface area contributed by atoms with Crippen molar-refractivity contribution < 1.29 is 9.53 Å². The predicted molar refractivity (Wildman–Crippen MR) is 73.9 cm³/mol. The van der Waals surface area contributed by atoms with E-state index in [1.54, 1.807) is 18.2 Å². The Bertz CT molecular complexity index is 397. The highest BCUT2D eigenvalue weighted by Gasteiger charge is 2.08. The molecule has 5 heteroatoms. The molecule has 0 bridgehead atoms. The minimum atomic E-state index is -0.181. The van der Waals surface area contributed by atoms with Crippen LogP contribution in [0.2, 0.25) is 5.02 Å². The molecule has 18 heavy (non-hydrogen) atoms. The van der Waals surface area contributed by atoms with Crippen molar-refractivity contribution in [3.63, 3.8) is 0 Å². The maximum Gasteiger partial charge on any atom is 0.253 e. The van der Waals surface area contributed by atoms with Gasteiger partial charge in [-0.05, 0) is 31.0 Å². The van der Waals surface area contributed by atoms with Crippen LogP contribution in [0.5, 0.6) is 0 Å². The van der Waals surface area contributed by atoms with Crippen LogP contribution in [0.3, 0.4) is 0 Å². The number of carbonyl (C=O) groups excluding carboxylic acids is 1. The highest BCUT2D eigenvalue weighted by molar-refractivity contribution is 6.31. The Kier molecular flexibility index (Phi) is 6.54. The molecule has 0 unspecified atom stereocenters. The van der Waals surface area contributed by atoms with Gasteiger partial charge >= 0.3 is 0 Å². The van der Waals surface area contributed by atoms with Crippen molar-refractivity contribution >= 4 is 23.2 Å². The summed E-state index contributed by atoms with van der Waals surface area (Å²) < 4.78 is 5.32. The summed E-state index contributed by atoms with van der Waals surface area (Å²) in [6.45, 7) is 4.05. The van der Waals surface area contributed by atoms with E-state index in [0.717, 1.165) is 19.4 Å². The number of nitrogens with two attached hydrogens (primary N) is 1. The Morgan fingerprint density at radius 3 is 2.89 bits per heavy atom. The van der Waals surface area contributed by atoms with E-state index in [0.29, 0.717) is 29.4 Å². The van der Waals surface area contributed by atoms with Crippen LogP contribution in [0.1, 0.15) is 30.1 Å². The van der Waals surface area contributed by atoms with Gasteiger partial charge in [0.05, 0.1) is 5.56 Å². The van der Waals surface area contributed by atoms with Gasteiger partial charge in [0, 0.05) is 30.5 Å². The van der Waals surface area contributed by atoms with Crippen LogP contribution in [0, 0.1) is 0 Å². The predicted octanol–water partition coefficient (Wildman–Crippen LogP) is 2.47. The van der Waals surface area contributed by atoms with Crippen LogP contribution in [-0.4, -0.2) is 25.7 Å². The zero-order chi connectivity index (χ0) is 13.4. The Morgan fingerprint density at radius 1 is 1.44 bits per heavy atom. The van der Waals surface area contributed by atoms with Crippen LogP contribution < -0.4 is 11.1 Å². The number of nitrogen functional groups attached to an aromatic ring is 1. The molecule has 0 radical (unpaired) electrons. The van der Waals surface area contributed by atoms with Gasteiger partial charge in [0.1, 0.15) is 0 Å². The second-order valence-electron chi connectivity index (χ2n) is 3.95. The van der Waals surface area contributed by atoms with Crippen molar-refractivity contribution in [1.82, 2.24) is 5.32 Å². The largest absolute Gasteiger partial charge is 0.398 e. The number of ether oxygens (including phenoxy) is 1. The third kappa shape index (κ3) is 4.94. The second kappa shape index (κ2) is 7.95. The normalized spacial score (nSPS) is 10.3. The van der Waals surface area contributed by atoms with Crippen molar-refractivity contribution in [2.75, 3.05) is 25.5 Å². The Labute approximate surface area is 112 Å². The number of rotatable bonds is 7. The van der Waals surface area contributed by atoms with Gasteiger partial charge in [-0.1, -0.05) is 18.5 Å². The van der Waals surface area contributed by atoms with E-state index >= 15 is 0 Å². The first kappa shape index (κ1) is 14.8. The average molecular weight is 271 g/mol. The molecule has 3 N–H and O–H groups in total. The maximum absolute atomic E-state index is 11.8. The summed E-state index contributed by atoms with van der Waals surface area (Å²) >= 11 is 5.77. The van der Waals surface area contributed by atoms with Gasteiger partial charge in [-0.25, -0.2) is 0 Å². The molecule has 0 atom stereocenters. The molecule has 0 heterocycles. The summed E-state index contributed by atoms with van der Waals surface area (Å²) in [5.74, 6) is -0.181. The molecular weight excluding hydrogens is 252 g/mol. The van der Waals surface area contributed by atoms with Gasteiger partial charge in [0.15, 0.2) is 0 Å². The fraction of sp³-hybridized carbons (Fsp3) is 0.462. The van der Waals surface area contributed by atoms with E-state index < -0.39 is 0 Å². The number of anilines is 1. The first-order chi connectivity index (χ1) is 8.65. The molecule has 1 aromatic carbocycles. The SMILES string of the molecule is CCCOCCCNC(=O)c1ccc(Cl)cc1N. The minimum Gasteiger partial charge on any atom is -0.398 e. The Morgan fingerprint density at radius 2 is 2.22 bits per heavy atom. The molecule has 0 saturated carbocycles. The quantitative estimate of drug-likeness (QED) is 0.591. The summed E-state index contributed by atoms with van der Waals surface area (Å²) in [6, 6.07) is 4.85. The number of halogens is 1. The van der Waals surface area contributed by atoms with Crippen LogP contribution in [0.25, 0.3) is 0 Å². The lowest BCUT2D eigenvalue weighted by atomic mass is 10.1. The molecule has 0 aliphatic heterocycles. The maximum atomic E-state index is 11.8. The number of nitrogens with one attached hydrogen (secondary N) is 1. The monoisotopic (exact) mass is 270 g/mol. The zero-order valence-electron chi connectivity index (χ0n) is 10.5. The summed E-state index contributed by atoms with van der Waals surface area (Å²) in [5.41, 5.74) is 6.57. The van der Waals surface area contributed by atoms with Gasteiger partial charge in [0.2, 0.25) is 0 Å². The summed E-state index contributed by atoms with van der Waals surface area (Å²) in [5, 5.41) is 3.32. The van der Waals surface area contributed by atoms with E-state index in [-0.39, 0.29) is 5.91 Å². The molecule has 0 aliphatic carbocycles. The molecule has 1 amide bonds. The van der Waals surface area contributed by atoms with E-state index in [1.807, 2.05) is 0 Å². The minimum absolute atomic E-state index is 0.181. The van der Waals surface area contributed by atoms with Crippen LogP contribution >= 0.6 is 11.6 Å². The van der Waals surface area contributed by atoms with E-state index in [1.165, 1.54) is 0 Å². The summed E-state index contributed by atoms with van der Waals surface area (Å²) in [4.78, 5) is 11.8. The van der Waals surface area contributed by atoms with Crippen molar-refractivity contribution in [3.05, 3.63) is 28.8 Å². The van der Waals surface area contributed by atoms with Crippen LogP contribution in [0.15, 0.2) is 18.2 Å². The molecule has 1 rings (SSSR count). The zero-order valence-corrected chi connectivity index (χ0v) is 11.3. The summed E-state index contributed by atoms with van der Waals surface area (Å²) in [6.07, 6.45) is 1.80. The highest BCUT2D eigenvalue weighted by Crippen LogP contribution is 2.17.